The second-order valence-electron chi connectivity index (χ2n) is 4.79. The van der Waals surface area contributed by atoms with Crippen LogP contribution in [0.2, 0.25) is 0 Å². The molecule has 94 valence electrons. The molecule has 0 saturated carbocycles. The van der Waals surface area contributed by atoms with Gasteiger partial charge < -0.3 is 15.0 Å². The van der Waals surface area contributed by atoms with Crippen molar-refractivity contribution in [1.29, 1.82) is 0 Å². The predicted molar refractivity (Wildman–Crippen MR) is 67.5 cm³/mol. The van der Waals surface area contributed by atoms with E-state index in [2.05, 4.69) is 34.0 Å². The third kappa shape index (κ3) is 2.66. The minimum atomic E-state index is 0.0533. The molecule has 0 amide bonds. The van der Waals surface area contributed by atoms with Crippen molar-refractivity contribution in [3.8, 4) is 5.88 Å². The maximum atomic E-state index is 5.39. The van der Waals surface area contributed by atoms with Crippen LogP contribution in [-0.2, 0) is 0 Å². The minimum Gasteiger partial charge on any atom is -0.477 e. The molecule has 2 heterocycles. The van der Waals surface area contributed by atoms with E-state index in [1.165, 1.54) is 0 Å². The number of nitrogens with zero attached hydrogens (tertiary/aromatic N) is 3. The van der Waals surface area contributed by atoms with Crippen molar-refractivity contribution in [2.45, 2.75) is 26.3 Å². The summed E-state index contributed by atoms with van der Waals surface area (Å²) in [6.45, 7) is 9.84. The minimum absolute atomic E-state index is 0.0533. The molecule has 0 bridgehead atoms. The van der Waals surface area contributed by atoms with Crippen LogP contribution in [0, 0.1) is 0 Å². The van der Waals surface area contributed by atoms with Crippen LogP contribution < -0.4 is 15.0 Å². The van der Waals surface area contributed by atoms with E-state index in [0.29, 0.717) is 12.5 Å². The summed E-state index contributed by atoms with van der Waals surface area (Å²) in [6, 6.07) is 0. The molecule has 1 N–H and O–H groups in total. The molecule has 17 heavy (non-hydrogen) atoms. The monoisotopic (exact) mass is 236 g/mol. The van der Waals surface area contributed by atoms with Crippen molar-refractivity contribution < 1.29 is 4.74 Å². The number of rotatable bonds is 3. The van der Waals surface area contributed by atoms with E-state index >= 15 is 0 Å². The quantitative estimate of drug-likeness (QED) is 0.850. The maximum absolute atomic E-state index is 5.39. The lowest BCUT2D eigenvalue weighted by Gasteiger charge is -2.43. The largest absolute Gasteiger partial charge is 0.477 e. The molecule has 1 aliphatic rings. The SMILES string of the molecule is CCOc1cncc(N2CCNCC2(C)C)n1. The molecule has 0 spiro atoms. The first-order chi connectivity index (χ1) is 8.13. The van der Waals surface area contributed by atoms with E-state index in [-0.39, 0.29) is 5.54 Å². The van der Waals surface area contributed by atoms with Gasteiger partial charge in [0.1, 0.15) is 0 Å². The second-order valence-corrected chi connectivity index (χ2v) is 4.79. The number of nitrogens with one attached hydrogen (secondary N) is 1. The second kappa shape index (κ2) is 4.87. The lowest BCUT2D eigenvalue weighted by atomic mass is 10.0. The zero-order valence-corrected chi connectivity index (χ0v) is 10.7. The fourth-order valence-corrected chi connectivity index (χ4v) is 2.09. The number of ether oxygens (including phenoxy) is 1. The van der Waals surface area contributed by atoms with Gasteiger partial charge in [-0.15, -0.1) is 0 Å². The van der Waals surface area contributed by atoms with Crippen LogP contribution in [-0.4, -0.2) is 41.7 Å². The zero-order valence-electron chi connectivity index (χ0n) is 10.7. The third-order valence-electron chi connectivity index (χ3n) is 2.97. The fraction of sp³-hybridized carbons (Fsp3) is 0.667. The van der Waals surface area contributed by atoms with Crippen LogP contribution >= 0.6 is 0 Å². The highest BCUT2D eigenvalue weighted by Crippen LogP contribution is 2.24. The van der Waals surface area contributed by atoms with E-state index in [0.717, 1.165) is 25.5 Å². The Kier molecular flexibility index (Phi) is 3.47. The first-order valence-corrected chi connectivity index (χ1v) is 6.06. The summed E-state index contributed by atoms with van der Waals surface area (Å²) < 4.78 is 5.39. The van der Waals surface area contributed by atoms with E-state index in [1.54, 1.807) is 12.4 Å². The number of hydrogen-bond acceptors (Lipinski definition) is 5. The number of aromatic nitrogens is 2. The van der Waals surface area contributed by atoms with Crippen molar-refractivity contribution >= 4 is 5.82 Å². The summed E-state index contributed by atoms with van der Waals surface area (Å²) in [5.41, 5.74) is 0.0533. The molecule has 1 saturated heterocycles. The molecule has 0 atom stereocenters. The Balaban J connectivity index is 2.23. The van der Waals surface area contributed by atoms with Crippen molar-refractivity contribution in [2.75, 3.05) is 31.1 Å². The molecular formula is C12H20N4O. The Bertz CT molecular complexity index is 381. The normalized spacial score (nSPS) is 19.1. The topological polar surface area (TPSA) is 50.3 Å². The Morgan fingerprint density at radius 3 is 3.00 bits per heavy atom. The smallest absolute Gasteiger partial charge is 0.234 e. The van der Waals surface area contributed by atoms with Gasteiger partial charge in [0.15, 0.2) is 5.82 Å². The summed E-state index contributed by atoms with van der Waals surface area (Å²) in [5.74, 6) is 1.49. The van der Waals surface area contributed by atoms with Crippen molar-refractivity contribution in [3.63, 3.8) is 0 Å². The van der Waals surface area contributed by atoms with E-state index < -0.39 is 0 Å². The van der Waals surface area contributed by atoms with Crippen molar-refractivity contribution in [2.24, 2.45) is 0 Å². The Morgan fingerprint density at radius 2 is 2.29 bits per heavy atom. The Labute approximate surface area is 102 Å². The van der Waals surface area contributed by atoms with Crippen LogP contribution in [0.25, 0.3) is 0 Å². The van der Waals surface area contributed by atoms with Gasteiger partial charge in [0, 0.05) is 25.2 Å². The van der Waals surface area contributed by atoms with Gasteiger partial charge in [-0.25, -0.2) is 0 Å². The summed E-state index contributed by atoms with van der Waals surface area (Å²) in [6.07, 6.45) is 3.46. The molecule has 0 radical (unpaired) electrons. The number of hydrogen-bond donors (Lipinski definition) is 1. The number of anilines is 1. The van der Waals surface area contributed by atoms with Crippen LogP contribution in [0.1, 0.15) is 20.8 Å². The van der Waals surface area contributed by atoms with Crippen LogP contribution in [0.5, 0.6) is 5.88 Å². The van der Waals surface area contributed by atoms with Gasteiger partial charge in [-0.3, -0.25) is 4.98 Å². The van der Waals surface area contributed by atoms with Crippen LogP contribution in [0.3, 0.4) is 0 Å². The van der Waals surface area contributed by atoms with E-state index in [9.17, 15) is 0 Å². The van der Waals surface area contributed by atoms with Gasteiger partial charge in [0.25, 0.3) is 0 Å². The predicted octanol–water partition coefficient (Wildman–Crippen LogP) is 1.06. The van der Waals surface area contributed by atoms with Gasteiger partial charge >= 0.3 is 0 Å². The summed E-state index contributed by atoms with van der Waals surface area (Å²) in [4.78, 5) is 11.0. The van der Waals surface area contributed by atoms with Gasteiger partial charge in [0.05, 0.1) is 19.0 Å². The Hall–Kier alpha value is -1.36. The van der Waals surface area contributed by atoms with E-state index in [1.807, 2.05) is 6.92 Å². The van der Waals surface area contributed by atoms with Crippen LogP contribution in [0.15, 0.2) is 12.4 Å². The highest BCUT2D eigenvalue weighted by Gasteiger charge is 2.30. The average Bonchev–Trinajstić information content (AvgIpc) is 2.29. The highest BCUT2D eigenvalue weighted by atomic mass is 16.5. The summed E-state index contributed by atoms with van der Waals surface area (Å²) in [7, 11) is 0. The van der Waals surface area contributed by atoms with Crippen LogP contribution in [0.4, 0.5) is 5.82 Å². The van der Waals surface area contributed by atoms with Gasteiger partial charge in [-0.05, 0) is 20.8 Å². The highest BCUT2D eigenvalue weighted by molar-refractivity contribution is 5.42. The molecule has 1 aliphatic heterocycles. The molecule has 1 aromatic heterocycles. The lowest BCUT2D eigenvalue weighted by Crippen LogP contribution is -2.58. The first-order valence-electron chi connectivity index (χ1n) is 6.06. The van der Waals surface area contributed by atoms with Crippen molar-refractivity contribution in [1.82, 2.24) is 15.3 Å². The third-order valence-corrected chi connectivity index (χ3v) is 2.97. The summed E-state index contributed by atoms with van der Waals surface area (Å²) >= 11 is 0. The molecule has 2 rings (SSSR count). The van der Waals surface area contributed by atoms with Gasteiger partial charge in [-0.2, -0.15) is 4.98 Å². The number of piperazine rings is 1. The summed E-state index contributed by atoms with van der Waals surface area (Å²) in [5, 5.41) is 3.39. The molecule has 5 nitrogen and oxygen atoms in total. The van der Waals surface area contributed by atoms with E-state index in [4.69, 9.17) is 4.74 Å². The first kappa shape index (κ1) is 12.1. The maximum Gasteiger partial charge on any atom is 0.234 e. The Morgan fingerprint density at radius 1 is 1.47 bits per heavy atom. The van der Waals surface area contributed by atoms with Crippen molar-refractivity contribution in [3.05, 3.63) is 12.4 Å². The standard InChI is InChI=1S/C12H20N4O/c1-4-17-11-8-14-7-10(15-11)16-6-5-13-9-12(16,2)3/h7-8,13H,4-6,9H2,1-3H3. The molecule has 0 aliphatic carbocycles. The average molecular weight is 236 g/mol. The lowest BCUT2D eigenvalue weighted by molar-refractivity contribution is 0.322. The molecule has 0 unspecified atom stereocenters. The molecule has 1 aromatic rings. The molecular weight excluding hydrogens is 216 g/mol. The molecule has 5 heteroatoms. The fourth-order valence-electron chi connectivity index (χ4n) is 2.09. The van der Waals surface area contributed by atoms with Gasteiger partial charge in [-0.1, -0.05) is 0 Å². The molecule has 0 aromatic carbocycles. The van der Waals surface area contributed by atoms with Gasteiger partial charge in [0.2, 0.25) is 5.88 Å². The zero-order chi connectivity index (χ0) is 12.3. The molecule has 1 fully saturated rings.